The van der Waals surface area contributed by atoms with E-state index in [1.165, 1.54) is 12.3 Å². The summed E-state index contributed by atoms with van der Waals surface area (Å²) in [6.45, 7) is 10.6. The van der Waals surface area contributed by atoms with Gasteiger partial charge in [-0.3, -0.25) is 9.69 Å². The summed E-state index contributed by atoms with van der Waals surface area (Å²) < 4.78 is 20.4. The molecule has 1 aliphatic heterocycles. The standard InChI is InChI=1S/C30H34ClFN4O3/c1-20-18-35(12-13-36(20)29(38)39-30(2,3)4)19-22-6-5-7-23(14-22)25-15-21(8-10-26(25)32)16-34-28(37)24-9-11-27(31)33-17-24/h5-11,14-15,17,20H,12-13,16,18-19H2,1-4H3,(H,34,37). The number of hydrogen-bond acceptors (Lipinski definition) is 5. The van der Waals surface area contributed by atoms with E-state index in [0.717, 1.165) is 29.8 Å². The van der Waals surface area contributed by atoms with Crippen LogP contribution in [-0.4, -0.2) is 58.1 Å². The smallest absolute Gasteiger partial charge is 0.410 e. The number of aromatic nitrogens is 1. The molecule has 9 heteroatoms. The van der Waals surface area contributed by atoms with Gasteiger partial charge in [-0.05, 0) is 74.7 Å². The number of ether oxygens (including phenoxy) is 1. The van der Waals surface area contributed by atoms with Gasteiger partial charge in [0.25, 0.3) is 5.91 Å². The first-order chi connectivity index (χ1) is 18.5. The fourth-order valence-corrected chi connectivity index (χ4v) is 4.67. The van der Waals surface area contributed by atoms with Crippen molar-refractivity contribution in [2.75, 3.05) is 19.6 Å². The molecule has 1 aromatic heterocycles. The normalized spacial score (nSPS) is 16.2. The number of amides is 2. The summed E-state index contributed by atoms with van der Waals surface area (Å²) in [5.74, 6) is -0.614. The quantitative estimate of drug-likeness (QED) is 0.385. The van der Waals surface area contributed by atoms with Crippen LogP contribution in [0.3, 0.4) is 0 Å². The lowest BCUT2D eigenvalue weighted by Gasteiger charge is -2.40. The Bertz CT molecular complexity index is 1330. The zero-order chi connectivity index (χ0) is 28.2. The maximum atomic E-state index is 14.9. The zero-order valence-electron chi connectivity index (χ0n) is 22.7. The average Bonchev–Trinajstić information content (AvgIpc) is 2.87. The molecule has 1 unspecified atom stereocenters. The van der Waals surface area contributed by atoms with Crippen LogP contribution in [0.15, 0.2) is 60.8 Å². The molecule has 1 atom stereocenters. The van der Waals surface area contributed by atoms with Gasteiger partial charge in [0.1, 0.15) is 16.6 Å². The highest BCUT2D eigenvalue weighted by molar-refractivity contribution is 6.29. The van der Waals surface area contributed by atoms with Crippen LogP contribution in [0.1, 0.15) is 49.2 Å². The third-order valence-electron chi connectivity index (χ3n) is 6.46. The van der Waals surface area contributed by atoms with Gasteiger partial charge in [-0.2, -0.15) is 0 Å². The molecule has 1 N–H and O–H groups in total. The van der Waals surface area contributed by atoms with E-state index < -0.39 is 5.60 Å². The van der Waals surface area contributed by atoms with Crippen molar-refractivity contribution in [1.82, 2.24) is 20.1 Å². The number of halogens is 2. The molecule has 0 saturated carbocycles. The molecule has 1 aliphatic rings. The summed E-state index contributed by atoms with van der Waals surface area (Å²) in [7, 11) is 0. The third kappa shape index (κ3) is 7.77. The summed E-state index contributed by atoms with van der Waals surface area (Å²) in [4.78, 5) is 33.0. The number of pyridine rings is 1. The third-order valence-corrected chi connectivity index (χ3v) is 6.68. The van der Waals surface area contributed by atoms with Gasteiger partial charge in [-0.1, -0.05) is 35.9 Å². The number of carbonyl (C=O) groups is 2. The van der Waals surface area contributed by atoms with E-state index in [1.807, 2.05) is 52.0 Å². The van der Waals surface area contributed by atoms with Crippen LogP contribution in [0.5, 0.6) is 0 Å². The Morgan fingerprint density at radius 2 is 1.90 bits per heavy atom. The number of carbonyl (C=O) groups excluding carboxylic acids is 2. The Hall–Kier alpha value is -3.49. The Kier molecular flexibility index (Phi) is 8.87. The van der Waals surface area contributed by atoms with Crippen molar-refractivity contribution in [1.29, 1.82) is 0 Å². The van der Waals surface area contributed by atoms with E-state index in [2.05, 4.69) is 15.2 Å². The first-order valence-electron chi connectivity index (χ1n) is 13.0. The second-order valence-electron chi connectivity index (χ2n) is 10.8. The minimum Gasteiger partial charge on any atom is -0.444 e. The van der Waals surface area contributed by atoms with Gasteiger partial charge in [0.15, 0.2) is 0 Å². The van der Waals surface area contributed by atoms with Gasteiger partial charge in [-0.25, -0.2) is 14.2 Å². The van der Waals surface area contributed by atoms with Gasteiger partial charge in [0.05, 0.1) is 5.56 Å². The van der Waals surface area contributed by atoms with Gasteiger partial charge in [-0.15, -0.1) is 0 Å². The molecule has 2 amide bonds. The summed E-state index contributed by atoms with van der Waals surface area (Å²) in [6.07, 6.45) is 1.13. The van der Waals surface area contributed by atoms with Gasteiger partial charge < -0.3 is 15.0 Å². The minimum atomic E-state index is -0.527. The van der Waals surface area contributed by atoms with Crippen molar-refractivity contribution < 1.29 is 18.7 Å². The van der Waals surface area contributed by atoms with Crippen LogP contribution in [0.25, 0.3) is 11.1 Å². The molecule has 7 nitrogen and oxygen atoms in total. The number of piperazine rings is 1. The van der Waals surface area contributed by atoms with E-state index >= 15 is 0 Å². The summed E-state index contributed by atoms with van der Waals surface area (Å²) >= 11 is 5.79. The molecule has 4 rings (SSSR count). The van der Waals surface area contributed by atoms with E-state index in [4.69, 9.17) is 16.3 Å². The van der Waals surface area contributed by atoms with E-state index in [1.54, 1.807) is 29.2 Å². The Morgan fingerprint density at radius 1 is 1.10 bits per heavy atom. The largest absolute Gasteiger partial charge is 0.444 e. The van der Waals surface area contributed by atoms with Crippen molar-refractivity contribution >= 4 is 23.6 Å². The summed E-state index contributed by atoms with van der Waals surface area (Å²) in [5, 5.41) is 3.15. The van der Waals surface area contributed by atoms with Crippen LogP contribution >= 0.6 is 11.6 Å². The second kappa shape index (κ2) is 12.1. The molecule has 0 radical (unpaired) electrons. The molecule has 1 fully saturated rings. The highest BCUT2D eigenvalue weighted by atomic mass is 35.5. The molecule has 0 aliphatic carbocycles. The molecule has 39 heavy (non-hydrogen) atoms. The average molecular weight is 553 g/mol. The van der Waals surface area contributed by atoms with Gasteiger partial charge in [0.2, 0.25) is 0 Å². The lowest BCUT2D eigenvalue weighted by atomic mass is 10.00. The van der Waals surface area contributed by atoms with Crippen LogP contribution < -0.4 is 5.32 Å². The van der Waals surface area contributed by atoms with E-state index in [0.29, 0.717) is 29.4 Å². The predicted molar refractivity (Wildman–Crippen MR) is 150 cm³/mol. The van der Waals surface area contributed by atoms with Gasteiger partial charge in [0, 0.05) is 50.5 Å². The van der Waals surface area contributed by atoms with E-state index in [9.17, 15) is 14.0 Å². The van der Waals surface area contributed by atoms with Crippen LogP contribution in [0.2, 0.25) is 5.15 Å². The highest BCUT2D eigenvalue weighted by Gasteiger charge is 2.30. The Balaban J connectivity index is 1.40. The molecule has 206 valence electrons. The number of rotatable bonds is 6. The molecule has 0 spiro atoms. The molecule has 0 bridgehead atoms. The van der Waals surface area contributed by atoms with Crippen molar-refractivity contribution in [3.05, 3.63) is 88.5 Å². The number of hydrogen-bond donors (Lipinski definition) is 1. The van der Waals surface area contributed by atoms with Crippen molar-refractivity contribution in [2.24, 2.45) is 0 Å². The van der Waals surface area contributed by atoms with E-state index in [-0.39, 0.29) is 30.4 Å². The molecular weight excluding hydrogens is 519 g/mol. The van der Waals surface area contributed by atoms with Crippen molar-refractivity contribution in [3.8, 4) is 11.1 Å². The first-order valence-corrected chi connectivity index (χ1v) is 13.4. The lowest BCUT2D eigenvalue weighted by molar-refractivity contribution is 0.000554. The summed E-state index contributed by atoms with van der Waals surface area (Å²) in [5.41, 5.74) is 2.94. The molecule has 3 aromatic rings. The maximum absolute atomic E-state index is 14.9. The SMILES string of the molecule is CC1CN(Cc2cccc(-c3cc(CNC(=O)c4ccc(Cl)nc4)ccc3F)c2)CCN1C(=O)OC(C)(C)C. The maximum Gasteiger partial charge on any atom is 0.410 e. The Morgan fingerprint density at radius 3 is 2.59 bits per heavy atom. The first kappa shape index (κ1) is 28.5. The number of nitrogens with zero attached hydrogens (tertiary/aromatic N) is 3. The second-order valence-corrected chi connectivity index (χ2v) is 11.2. The Labute approximate surface area is 233 Å². The zero-order valence-corrected chi connectivity index (χ0v) is 23.5. The van der Waals surface area contributed by atoms with Gasteiger partial charge >= 0.3 is 6.09 Å². The minimum absolute atomic E-state index is 0.0183. The molecule has 2 heterocycles. The number of benzene rings is 2. The molecular formula is C30H34ClFN4O3. The molecule has 1 saturated heterocycles. The fraction of sp³-hybridized carbons (Fsp3) is 0.367. The highest BCUT2D eigenvalue weighted by Crippen LogP contribution is 2.26. The summed E-state index contributed by atoms with van der Waals surface area (Å²) in [6, 6.07) is 15.8. The van der Waals surface area contributed by atoms with Crippen LogP contribution in [-0.2, 0) is 17.8 Å². The monoisotopic (exact) mass is 552 g/mol. The van der Waals surface area contributed by atoms with Crippen molar-refractivity contribution in [2.45, 2.75) is 52.4 Å². The topological polar surface area (TPSA) is 74.8 Å². The predicted octanol–water partition coefficient (Wildman–Crippen LogP) is 5.91. The lowest BCUT2D eigenvalue weighted by Crippen LogP contribution is -2.54. The van der Waals surface area contributed by atoms with Crippen LogP contribution in [0, 0.1) is 5.82 Å². The number of nitrogens with one attached hydrogen (secondary N) is 1. The van der Waals surface area contributed by atoms with Crippen molar-refractivity contribution in [3.63, 3.8) is 0 Å². The fourth-order valence-electron chi connectivity index (χ4n) is 4.56. The molecule has 2 aromatic carbocycles. The van der Waals surface area contributed by atoms with Crippen LogP contribution in [0.4, 0.5) is 9.18 Å².